The lowest BCUT2D eigenvalue weighted by atomic mass is 9.97. The first-order chi connectivity index (χ1) is 16.7. The summed E-state index contributed by atoms with van der Waals surface area (Å²) in [5.74, 6) is -0.211. The van der Waals surface area contributed by atoms with E-state index in [1.165, 1.54) is 13.2 Å². The van der Waals surface area contributed by atoms with Crippen molar-refractivity contribution < 1.29 is 37.7 Å². The second kappa shape index (κ2) is 9.97. The second-order valence-electron chi connectivity index (χ2n) is 8.17. The molecule has 0 fully saturated rings. The van der Waals surface area contributed by atoms with Crippen LogP contribution in [0.25, 0.3) is 11.1 Å². The number of ether oxygens (including phenoxy) is 2. The number of fused-ring (bicyclic) bond motifs is 3. The minimum absolute atomic E-state index is 0.0369. The van der Waals surface area contributed by atoms with Gasteiger partial charge in [-0.05, 0) is 39.9 Å². The first-order valence-corrected chi connectivity index (χ1v) is 10.9. The van der Waals surface area contributed by atoms with E-state index in [2.05, 4.69) is 5.32 Å². The highest BCUT2D eigenvalue weighted by molar-refractivity contribution is 5.79. The van der Waals surface area contributed by atoms with E-state index in [9.17, 15) is 28.2 Å². The lowest BCUT2D eigenvalue weighted by Gasteiger charge is -2.23. The largest absolute Gasteiger partial charge is 0.497 e. The first kappa shape index (κ1) is 24.6. The third-order valence-corrected chi connectivity index (χ3v) is 6.05. The number of alkyl halides is 3. The molecule has 184 valence electrons. The predicted octanol–water partition coefficient (Wildman–Crippen LogP) is 4.65. The number of hydrogen-bond donors (Lipinski definition) is 3. The zero-order valence-electron chi connectivity index (χ0n) is 18.8. The molecule has 0 bridgehead atoms. The van der Waals surface area contributed by atoms with Crippen molar-refractivity contribution in [3.05, 3.63) is 89.0 Å². The minimum atomic E-state index is -4.77. The molecule has 1 aliphatic rings. The van der Waals surface area contributed by atoms with Crippen LogP contribution in [0.15, 0.2) is 66.7 Å². The number of carbonyl (C=O) groups is 1. The highest BCUT2D eigenvalue weighted by Gasteiger charge is 2.37. The zero-order valence-corrected chi connectivity index (χ0v) is 18.8. The number of rotatable bonds is 7. The fourth-order valence-electron chi connectivity index (χ4n) is 4.32. The standard InChI is InChI=1S/C26H24F3NO5/c1-34-15-10-11-20(22(12-15)26(27,28)29)24(32)23(31)13-30-25(33)35-14-21-18-8-4-2-6-16(18)17-7-3-5-9-19(17)21/h2-12,21,23-24,31-32H,13-14H2,1H3,(H,30,33). The Kier molecular flexibility index (Phi) is 7.00. The van der Waals surface area contributed by atoms with Crippen molar-refractivity contribution in [3.8, 4) is 16.9 Å². The summed E-state index contributed by atoms with van der Waals surface area (Å²) in [6.45, 7) is -0.476. The Labute approximate surface area is 199 Å². The number of benzene rings is 3. The predicted molar refractivity (Wildman–Crippen MR) is 122 cm³/mol. The summed E-state index contributed by atoms with van der Waals surface area (Å²) in [5.41, 5.74) is 2.52. The number of amides is 1. The number of aliphatic hydroxyl groups excluding tert-OH is 2. The SMILES string of the molecule is COc1ccc(C(O)C(O)CNC(=O)OCC2c3ccccc3-c3ccccc32)c(C(F)(F)F)c1. The lowest BCUT2D eigenvalue weighted by Crippen LogP contribution is -2.36. The van der Waals surface area contributed by atoms with Crippen LogP contribution in [0.4, 0.5) is 18.0 Å². The molecule has 3 aromatic carbocycles. The molecule has 2 unspecified atom stereocenters. The van der Waals surface area contributed by atoms with E-state index < -0.39 is 42.1 Å². The fourth-order valence-corrected chi connectivity index (χ4v) is 4.32. The molecule has 0 saturated heterocycles. The molecule has 3 aromatic rings. The smallest absolute Gasteiger partial charge is 0.416 e. The van der Waals surface area contributed by atoms with Gasteiger partial charge >= 0.3 is 12.3 Å². The Morgan fingerprint density at radius 3 is 2.17 bits per heavy atom. The topological polar surface area (TPSA) is 88.0 Å². The molecular weight excluding hydrogens is 463 g/mol. The summed E-state index contributed by atoms with van der Waals surface area (Å²) in [6, 6.07) is 18.6. The van der Waals surface area contributed by atoms with Gasteiger partial charge in [0, 0.05) is 12.5 Å². The summed E-state index contributed by atoms with van der Waals surface area (Å²) >= 11 is 0. The number of aliphatic hydroxyl groups is 2. The second-order valence-corrected chi connectivity index (χ2v) is 8.17. The van der Waals surface area contributed by atoms with E-state index in [1.54, 1.807) is 0 Å². The quantitative estimate of drug-likeness (QED) is 0.452. The van der Waals surface area contributed by atoms with Crippen LogP contribution < -0.4 is 10.1 Å². The van der Waals surface area contributed by atoms with Gasteiger partial charge in [-0.1, -0.05) is 54.6 Å². The molecular formula is C26H24F3NO5. The lowest BCUT2D eigenvalue weighted by molar-refractivity contribution is -0.140. The number of halogens is 3. The van der Waals surface area contributed by atoms with Crippen molar-refractivity contribution in [2.45, 2.75) is 24.3 Å². The van der Waals surface area contributed by atoms with Gasteiger partial charge in [0.2, 0.25) is 0 Å². The van der Waals surface area contributed by atoms with Crippen LogP contribution >= 0.6 is 0 Å². The van der Waals surface area contributed by atoms with Crippen LogP contribution in [0.5, 0.6) is 5.75 Å². The number of methoxy groups -OCH3 is 1. The molecule has 0 spiro atoms. The normalized spacial score (nSPS) is 14.6. The Bertz CT molecular complexity index is 1170. The van der Waals surface area contributed by atoms with Gasteiger partial charge in [-0.3, -0.25) is 0 Å². The molecule has 0 aromatic heterocycles. The van der Waals surface area contributed by atoms with Gasteiger partial charge < -0.3 is 25.0 Å². The Balaban J connectivity index is 1.38. The third-order valence-electron chi connectivity index (χ3n) is 6.05. The van der Waals surface area contributed by atoms with Crippen molar-refractivity contribution in [2.75, 3.05) is 20.3 Å². The molecule has 0 heterocycles. The number of carbonyl (C=O) groups excluding carboxylic acids is 1. The van der Waals surface area contributed by atoms with Crippen molar-refractivity contribution in [2.24, 2.45) is 0 Å². The number of nitrogens with one attached hydrogen (secondary N) is 1. The summed E-state index contributed by atoms with van der Waals surface area (Å²) in [4.78, 5) is 12.3. The molecule has 0 aliphatic heterocycles. The van der Waals surface area contributed by atoms with E-state index >= 15 is 0 Å². The van der Waals surface area contributed by atoms with Gasteiger partial charge in [-0.25, -0.2) is 4.79 Å². The van der Waals surface area contributed by atoms with Crippen molar-refractivity contribution in [1.29, 1.82) is 0 Å². The van der Waals surface area contributed by atoms with Gasteiger partial charge in [-0.2, -0.15) is 13.2 Å². The van der Waals surface area contributed by atoms with E-state index in [-0.39, 0.29) is 18.3 Å². The molecule has 1 amide bonds. The molecule has 2 atom stereocenters. The summed E-state index contributed by atoms with van der Waals surface area (Å²) in [5, 5.41) is 22.9. The monoisotopic (exact) mass is 487 g/mol. The van der Waals surface area contributed by atoms with Crippen LogP contribution in [0.3, 0.4) is 0 Å². The van der Waals surface area contributed by atoms with Crippen molar-refractivity contribution in [1.82, 2.24) is 5.32 Å². The minimum Gasteiger partial charge on any atom is -0.497 e. The Hall–Kier alpha value is -3.56. The Morgan fingerprint density at radius 1 is 1.00 bits per heavy atom. The number of hydrogen-bond acceptors (Lipinski definition) is 5. The molecule has 35 heavy (non-hydrogen) atoms. The van der Waals surface area contributed by atoms with Crippen molar-refractivity contribution in [3.63, 3.8) is 0 Å². The van der Waals surface area contributed by atoms with Crippen LogP contribution in [-0.4, -0.2) is 42.7 Å². The maximum absolute atomic E-state index is 13.4. The molecule has 3 N–H and O–H groups in total. The Morgan fingerprint density at radius 2 is 1.60 bits per heavy atom. The zero-order chi connectivity index (χ0) is 25.2. The van der Waals surface area contributed by atoms with E-state index in [4.69, 9.17) is 9.47 Å². The summed E-state index contributed by atoms with van der Waals surface area (Å²) in [7, 11) is 1.22. The third kappa shape index (κ3) is 5.11. The average Bonchev–Trinajstić information content (AvgIpc) is 3.18. The molecule has 9 heteroatoms. The molecule has 4 rings (SSSR count). The summed E-state index contributed by atoms with van der Waals surface area (Å²) < 4.78 is 50.4. The van der Waals surface area contributed by atoms with Crippen LogP contribution in [0.1, 0.15) is 34.3 Å². The van der Waals surface area contributed by atoms with Gasteiger partial charge in [0.1, 0.15) is 24.6 Å². The highest BCUT2D eigenvalue weighted by Crippen LogP contribution is 2.44. The fraction of sp³-hybridized carbons (Fsp3) is 0.269. The van der Waals surface area contributed by atoms with E-state index in [1.807, 2.05) is 48.5 Å². The van der Waals surface area contributed by atoms with Gasteiger partial charge in [-0.15, -0.1) is 0 Å². The van der Waals surface area contributed by atoms with Crippen LogP contribution in [-0.2, 0) is 10.9 Å². The molecule has 0 radical (unpaired) electrons. The highest BCUT2D eigenvalue weighted by atomic mass is 19.4. The molecule has 0 saturated carbocycles. The van der Waals surface area contributed by atoms with Gasteiger partial charge in [0.25, 0.3) is 0 Å². The first-order valence-electron chi connectivity index (χ1n) is 10.9. The van der Waals surface area contributed by atoms with Crippen molar-refractivity contribution >= 4 is 6.09 Å². The summed E-state index contributed by atoms with van der Waals surface area (Å²) in [6.07, 6.45) is -9.23. The molecule has 6 nitrogen and oxygen atoms in total. The van der Waals surface area contributed by atoms with Crippen LogP contribution in [0.2, 0.25) is 0 Å². The number of alkyl carbamates (subject to hydrolysis) is 1. The molecule has 1 aliphatic carbocycles. The maximum Gasteiger partial charge on any atom is 0.416 e. The van der Waals surface area contributed by atoms with E-state index in [0.717, 1.165) is 34.4 Å². The maximum atomic E-state index is 13.4. The van der Waals surface area contributed by atoms with E-state index in [0.29, 0.717) is 0 Å². The average molecular weight is 487 g/mol. The van der Waals surface area contributed by atoms with Gasteiger partial charge in [0.15, 0.2) is 0 Å². The van der Waals surface area contributed by atoms with Gasteiger partial charge in [0.05, 0.1) is 12.7 Å². The van der Waals surface area contributed by atoms with Crippen LogP contribution in [0, 0.1) is 0 Å².